The van der Waals surface area contributed by atoms with Crippen LogP contribution in [0.2, 0.25) is 0 Å². The summed E-state index contributed by atoms with van der Waals surface area (Å²) in [6, 6.07) is 8.08. The van der Waals surface area contributed by atoms with Crippen molar-refractivity contribution in [3.63, 3.8) is 0 Å². The van der Waals surface area contributed by atoms with Gasteiger partial charge in [0.05, 0.1) is 11.5 Å². The number of fused-ring (bicyclic) bond motifs is 1. The van der Waals surface area contributed by atoms with E-state index in [0.29, 0.717) is 32.5 Å². The molecule has 166 valence electrons. The number of amides is 2. The molecule has 0 radical (unpaired) electrons. The second kappa shape index (κ2) is 9.49. The smallest absolute Gasteiger partial charge is 0.244 e. The number of aryl methyl sites for hydroxylation is 1. The Bertz CT molecular complexity index is 890. The highest BCUT2D eigenvalue weighted by Gasteiger charge is 2.42. The molecule has 2 aromatic rings. The van der Waals surface area contributed by atoms with Crippen LogP contribution in [0.3, 0.4) is 0 Å². The Kier molecular flexibility index (Phi) is 6.53. The Morgan fingerprint density at radius 3 is 2.81 bits per heavy atom. The fourth-order valence-corrected chi connectivity index (χ4v) is 4.59. The summed E-state index contributed by atoms with van der Waals surface area (Å²) in [6.45, 7) is 3.80. The van der Waals surface area contributed by atoms with Gasteiger partial charge in [-0.2, -0.15) is 5.10 Å². The zero-order valence-electron chi connectivity index (χ0n) is 18.1. The van der Waals surface area contributed by atoms with E-state index in [-0.39, 0.29) is 24.4 Å². The van der Waals surface area contributed by atoms with Gasteiger partial charge >= 0.3 is 0 Å². The van der Waals surface area contributed by atoms with Gasteiger partial charge in [0.25, 0.3) is 0 Å². The number of nitrogens with one attached hydrogen (secondary N) is 1. The van der Waals surface area contributed by atoms with Crippen LogP contribution in [0.15, 0.2) is 36.9 Å². The molecule has 2 amide bonds. The van der Waals surface area contributed by atoms with Crippen LogP contribution in [-0.4, -0.2) is 57.2 Å². The lowest BCUT2D eigenvalue weighted by Gasteiger charge is -2.41. The molecule has 1 spiro atoms. The molecule has 2 aliphatic heterocycles. The molecule has 1 N–H and O–H groups in total. The number of benzene rings is 1. The first-order chi connectivity index (χ1) is 15.1. The Balaban J connectivity index is 1.41. The highest BCUT2D eigenvalue weighted by Crippen LogP contribution is 2.38. The monoisotopic (exact) mass is 425 g/mol. The summed E-state index contributed by atoms with van der Waals surface area (Å²) in [5.74, 6) is 1.03. The van der Waals surface area contributed by atoms with Gasteiger partial charge in [0.15, 0.2) is 0 Å². The van der Waals surface area contributed by atoms with E-state index in [0.717, 1.165) is 31.4 Å². The molecule has 8 heteroatoms. The number of para-hydroxylation sites is 1. The van der Waals surface area contributed by atoms with Crippen molar-refractivity contribution >= 4 is 11.8 Å². The van der Waals surface area contributed by atoms with E-state index >= 15 is 0 Å². The summed E-state index contributed by atoms with van der Waals surface area (Å²) in [4.78, 5) is 31.7. The van der Waals surface area contributed by atoms with Gasteiger partial charge in [-0.05, 0) is 50.7 Å². The van der Waals surface area contributed by atoms with E-state index in [1.807, 2.05) is 30.0 Å². The summed E-state index contributed by atoms with van der Waals surface area (Å²) in [5, 5.41) is 7.19. The molecule has 1 aromatic carbocycles. The van der Waals surface area contributed by atoms with Gasteiger partial charge in [-0.3, -0.25) is 9.59 Å². The quantitative estimate of drug-likeness (QED) is 0.797. The van der Waals surface area contributed by atoms with Crippen molar-refractivity contribution in [1.82, 2.24) is 25.0 Å². The Morgan fingerprint density at radius 2 is 2.03 bits per heavy atom. The van der Waals surface area contributed by atoms with Crippen molar-refractivity contribution in [3.05, 3.63) is 42.5 Å². The van der Waals surface area contributed by atoms with Crippen molar-refractivity contribution in [3.8, 4) is 5.75 Å². The minimum Gasteiger partial charge on any atom is -0.491 e. The van der Waals surface area contributed by atoms with Gasteiger partial charge in [-0.25, -0.2) is 9.67 Å². The predicted molar refractivity (Wildman–Crippen MR) is 115 cm³/mol. The number of piperidine rings is 1. The molecule has 0 bridgehead atoms. The molecule has 0 unspecified atom stereocenters. The topological polar surface area (TPSA) is 89.3 Å². The normalized spacial score (nSPS) is 21.9. The number of ether oxygens (including phenoxy) is 1. The molecule has 1 fully saturated rings. The Hall–Kier alpha value is -2.90. The maximum Gasteiger partial charge on any atom is 0.244 e. The Morgan fingerprint density at radius 1 is 1.23 bits per heavy atom. The summed E-state index contributed by atoms with van der Waals surface area (Å²) >= 11 is 0. The first kappa shape index (κ1) is 21.3. The van der Waals surface area contributed by atoms with E-state index in [2.05, 4.69) is 21.5 Å². The number of nitrogens with zero attached hydrogens (tertiary/aromatic N) is 4. The van der Waals surface area contributed by atoms with Crippen LogP contribution in [-0.2, 0) is 22.6 Å². The van der Waals surface area contributed by atoms with E-state index in [4.69, 9.17) is 4.74 Å². The van der Waals surface area contributed by atoms with Gasteiger partial charge in [0.1, 0.15) is 31.6 Å². The number of aromatic nitrogens is 3. The molecular weight excluding hydrogens is 394 g/mol. The van der Waals surface area contributed by atoms with Crippen molar-refractivity contribution in [2.45, 2.75) is 58.0 Å². The molecule has 1 saturated heterocycles. The van der Waals surface area contributed by atoms with Gasteiger partial charge in [0.2, 0.25) is 11.8 Å². The zero-order valence-corrected chi connectivity index (χ0v) is 18.1. The van der Waals surface area contributed by atoms with Crippen molar-refractivity contribution in [1.29, 1.82) is 0 Å². The van der Waals surface area contributed by atoms with Gasteiger partial charge < -0.3 is 15.0 Å². The minimum atomic E-state index is -0.420. The standard InChI is InChI=1S/C23H31N5O3/c1-18-15-31-20-8-3-2-6-19(20)7-4-5-9-23(22(30)26-18)10-12-27(13-11-23)21(29)14-28-17-24-16-25-28/h2-3,6,8,16-18H,4-5,7,9-15H2,1H3,(H,26,30)/t18-/m0/s1. The molecule has 2 aliphatic rings. The average molecular weight is 426 g/mol. The maximum atomic E-state index is 13.3. The highest BCUT2D eigenvalue weighted by atomic mass is 16.5. The van der Waals surface area contributed by atoms with Crippen LogP contribution < -0.4 is 10.1 Å². The third-order valence-corrected chi connectivity index (χ3v) is 6.51. The summed E-state index contributed by atoms with van der Waals surface area (Å²) in [5.41, 5.74) is 0.806. The number of hydrogen-bond acceptors (Lipinski definition) is 5. The second-order valence-corrected chi connectivity index (χ2v) is 8.75. The number of carbonyl (C=O) groups excluding carboxylic acids is 2. The van der Waals surface area contributed by atoms with E-state index in [9.17, 15) is 9.59 Å². The third kappa shape index (κ3) is 5.06. The Labute approximate surface area is 183 Å². The number of hydrogen-bond donors (Lipinski definition) is 1. The van der Waals surface area contributed by atoms with E-state index in [1.165, 1.54) is 16.6 Å². The average Bonchev–Trinajstić information content (AvgIpc) is 3.28. The van der Waals surface area contributed by atoms with Crippen LogP contribution in [0.1, 0.15) is 44.6 Å². The minimum absolute atomic E-state index is 0.0206. The first-order valence-electron chi connectivity index (χ1n) is 11.2. The first-order valence-corrected chi connectivity index (χ1v) is 11.2. The number of rotatable bonds is 2. The highest BCUT2D eigenvalue weighted by molar-refractivity contribution is 5.83. The van der Waals surface area contributed by atoms with Gasteiger partial charge in [-0.1, -0.05) is 24.6 Å². The summed E-state index contributed by atoms with van der Waals surface area (Å²) in [6.07, 6.45) is 8.13. The van der Waals surface area contributed by atoms with Crippen LogP contribution in [0, 0.1) is 5.41 Å². The van der Waals surface area contributed by atoms with E-state index in [1.54, 1.807) is 6.33 Å². The molecule has 0 aliphatic carbocycles. The predicted octanol–water partition coefficient (Wildman–Crippen LogP) is 2.20. The zero-order chi connectivity index (χ0) is 21.7. The molecular formula is C23H31N5O3. The molecule has 4 rings (SSSR count). The van der Waals surface area contributed by atoms with E-state index < -0.39 is 5.41 Å². The van der Waals surface area contributed by atoms with Crippen LogP contribution >= 0.6 is 0 Å². The van der Waals surface area contributed by atoms with Gasteiger partial charge in [0, 0.05) is 13.1 Å². The molecule has 1 atom stereocenters. The number of carbonyl (C=O) groups is 2. The van der Waals surface area contributed by atoms with Crippen LogP contribution in [0.25, 0.3) is 0 Å². The lowest BCUT2D eigenvalue weighted by atomic mass is 9.73. The van der Waals surface area contributed by atoms with Crippen LogP contribution in [0.5, 0.6) is 5.75 Å². The number of likely N-dealkylation sites (tertiary alicyclic amines) is 1. The fourth-order valence-electron chi connectivity index (χ4n) is 4.59. The summed E-state index contributed by atoms with van der Waals surface area (Å²) < 4.78 is 7.55. The van der Waals surface area contributed by atoms with Crippen molar-refractivity contribution < 1.29 is 14.3 Å². The van der Waals surface area contributed by atoms with Gasteiger partial charge in [-0.15, -0.1) is 0 Å². The van der Waals surface area contributed by atoms with Crippen LogP contribution in [0.4, 0.5) is 0 Å². The summed E-state index contributed by atoms with van der Waals surface area (Å²) in [7, 11) is 0. The molecule has 31 heavy (non-hydrogen) atoms. The molecule has 8 nitrogen and oxygen atoms in total. The SMILES string of the molecule is C[C@H]1COc2ccccc2CCCCC2(CCN(C(=O)Cn3cncn3)CC2)C(=O)N1. The molecule has 1 aromatic heterocycles. The molecule has 0 saturated carbocycles. The fraction of sp³-hybridized carbons (Fsp3) is 0.565. The lowest BCUT2D eigenvalue weighted by Crippen LogP contribution is -2.53. The second-order valence-electron chi connectivity index (χ2n) is 8.75. The lowest BCUT2D eigenvalue weighted by molar-refractivity contribution is -0.142. The van der Waals surface area contributed by atoms with Crippen molar-refractivity contribution in [2.75, 3.05) is 19.7 Å². The third-order valence-electron chi connectivity index (χ3n) is 6.51. The maximum absolute atomic E-state index is 13.3. The largest absolute Gasteiger partial charge is 0.491 e. The molecule has 3 heterocycles. The van der Waals surface area contributed by atoms with Crippen molar-refractivity contribution in [2.24, 2.45) is 5.41 Å².